The first-order valence-electron chi connectivity index (χ1n) is 7.96. The summed E-state index contributed by atoms with van der Waals surface area (Å²) in [7, 11) is 0. The predicted molar refractivity (Wildman–Crippen MR) is 92.0 cm³/mol. The Morgan fingerprint density at radius 3 is 2.88 bits per heavy atom. The number of aromatic nitrogens is 2. The van der Waals surface area contributed by atoms with Crippen LogP contribution in [0.25, 0.3) is 11.3 Å². The maximum atomic E-state index is 12.7. The first kappa shape index (κ1) is 15.9. The number of fused-ring (bicyclic) bond motifs is 1. The number of benzene rings is 1. The summed E-state index contributed by atoms with van der Waals surface area (Å²) in [5.74, 6) is 0.670. The van der Waals surface area contributed by atoms with Gasteiger partial charge in [-0.25, -0.2) is 0 Å². The molecular weight excluding hydrogens is 342 g/mol. The highest BCUT2D eigenvalue weighted by atomic mass is 35.5. The second kappa shape index (κ2) is 6.38. The van der Waals surface area contributed by atoms with E-state index in [9.17, 15) is 4.79 Å². The van der Waals surface area contributed by atoms with Crippen LogP contribution in [0.2, 0.25) is 5.02 Å². The fraction of sp³-hybridized carbons (Fsp3) is 0.222. The number of carbonyl (C=O) groups excluding carboxylic acids is 1. The molecule has 0 radical (unpaired) electrons. The molecule has 25 heavy (non-hydrogen) atoms. The number of halogens is 1. The summed E-state index contributed by atoms with van der Waals surface area (Å²) in [6, 6.07) is 10.8. The van der Waals surface area contributed by atoms with E-state index in [1.807, 2.05) is 18.2 Å². The first-order chi connectivity index (χ1) is 12.2. The van der Waals surface area contributed by atoms with Crippen molar-refractivity contribution in [3.8, 4) is 11.3 Å². The monoisotopic (exact) mass is 357 g/mol. The molecule has 0 fully saturated rings. The second-order valence-electron chi connectivity index (χ2n) is 5.87. The van der Waals surface area contributed by atoms with Crippen molar-refractivity contribution in [2.24, 2.45) is 0 Å². The summed E-state index contributed by atoms with van der Waals surface area (Å²) >= 11 is 6.18. The molecule has 3 heterocycles. The van der Waals surface area contributed by atoms with Crippen LogP contribution < -0.4 is 0 Å². The number of hydrogen-bond donors (Lipinski definition) is 1. The number of amides is 1. The van der Waals surface area contributed by atoms with Crippen molar-refractivity contribution in [2.75, 3.05) is 6.61 Å². The molecule has 1 amide bonds. The summed E-state index contributed by atoms with van der Waals surface area (Å²) < 4.78 is 7.48. The number of carbonyl (C=O) groups is 1. The normalized spacial score (nSPS) is 13.3. The van der Waals surface area contributed by atoms with Gasteiger partial charge in [-0.3, -0.25) is 9.48 Å². The molecule has 4 rings (SSSR count). The topological polar surface area (TPSA) is 71.5 Å². The smallest absolute Gasteiger partial charge is 0.290 e. The average Bonchev–Trinajstić information content (AvgIpc) is 3.32. The molecule has 3 aromatic rings. The number of nitrogens with zero attached hydrogens (tertiary/aromatic N) is 3. The van der Waals surface area contributed by atoms with Gasteiger partial charge in [0, 0.05) is 17.7 Å². The molecule has 1 aliphatic rings. The van der Waals surface area contributed by atoms with E-state index in [2.05, 4.69) is 5.10 Å². The molecule has 0 saturated carbocycles. The number of aliphatic hydroxyl groups is 1. The van der Waals surface area contributed by atoms with Crippen molar-refractivity contribution in [1.82, 2.24) is 14.7 Å². The maximum absolute atomic E-state index is 12.7. The van der Waals surface area contributed by atoms with Gasteiger partial charge in [0.1, 0.15) is 5.76 Å². The van der Waals surface area contributed by atoms with E-state index >= 15 is 0 Å². The molecular formula is C18H16ClN3O3. The van der Waals surface area contributed by atoms with Crippen LogP contribution in [0, 0.1) is 0 Å². The van der Waals surface area contributed by atoms with Gasteiger partial charge >= 0.3 is 0 Å². The van der Waals surface area contributed by atoms with Crippen molar-refractivity contribution < 1.29 is 14.3 Å². The van der Waals surface area contributed by atoms with E-state index in [0.29, 0.717) is 30.4 Å². The largest absolute Gasteiger partial charge is 0.451 e. The van der Waals surface area contributed by atoms with Gasteiger partial charge in [0.05, 0.1) is 36.6 Å². The fourth-order valence-electron chi connectivity index (χ4n) is 3.05. The van der Waals surface area contributed by atoms with Crippen molar-refractivity contribution in [1.29, 1.82) is 0 Å². The van der Waals surface area contributed by atoms with Crippen LogP contribution >= 0.6 is 11.6 Å². The Morgan fingerprint density at radius 2 is 2.08 bits per heavy atom. The summed E-state index contributed by atoms with van der Waals surface area (Å²) in [5.41, 5.74) is 2.71. The van der Waals surface area contributed by atoms with Gasteiger partial charge in [-0.05, 0) is 24.3 Å². The van der Waals surface area contributed by atoms with E-state index in [1.54, 1.807) is 34.0 Å². The lowest BCUT2D eigenvalue weighted by molar-refractivity contribution is 0.0716. The van der Waals surface area contributed by atoms with Gasteiger partial charge in [-0.1, -0.05) is 23.7 Å². The van der Waals surface area contributed by atoms with Crippen molar-refractivity contribution in [2.45, 2.75) is 19.6 Å². The zero-order valence-electron chi connectivity index (χ0n) is 13.4. The Balaban J connectivity index is 1.54. The SMILES string of the molecule is O=C(c1ccc(-c2ccccc2Cl)o1)N1Cc2cnn(CCO)c2C1. The Labute approximate surface area is 149 Å². The van der Waals surface area contributed by atoms with Crippen LogP contribution in [-0.4, -0.2) is 32.3 Å². The van der Waals surface area contributed by atoms with Gasteiger partial charge in [0.15, 0.2) is 5.76 Å². The zero-order valence-corrected chi connectivity index (χ0v) is 14.1. The Kier molecular flexibility index (Phi) is 4.07. The molecule has 0 spiro atoms. The lowest BCUT2D eigenvalue weighted by Gasteiger charge is -2.14. The summed E-state index contributed by atoms with van der Waals surface area (Å²) in [6.45, 7) is 1.38. The highest BCUT2D eigenvalue weighted by molar-refractivity contribution is 6.33. The Hall–Kier alpha value is -2.57. The molecule has 6 nitrogen and oxygen atoms in total. The van der Waals surface area contributed by atoms with Crippen molar-refractivity contribution in [3.63, 3.8) is 0 Å². The number of furan rings is 1. The molecule has 0 atom stereocenters. The van der Waals surface area contributed by atoms with E-state index < -0.39 is 0 Å². The molecule has 1 aromatic carbocycles. The molecule has 0 saturated heterocycles. The van der Waals surface area contributed by atoms with Crippen LogP contribution in [0.1, 0.15) is 21.8 Å². The minimum Gasteiger partial charge on any atom is -0.451 e. The molecule has 128 valence electrons. The lowest BCUT2D eigenvalue weighted by atomic mass is 10.2. The molecule has 0 bridgehead atoms. The maximum Gasteiger partial charge on any atom is 0.290 e. The molecule has 0 unspecified atom stereocenters. The van der Waals surface area contributed by atoms with E-state index in [-0.39, 0.29) is 18.3 Å². The zero-order chi connectivity index (χ0) is 17.4. The van der Waals surface area contributed by atoms with Crippen molar-refractivity contribution in [3.05, 3.63) is 64.6 Å². The summed E-state index contributed by atoms with van der Waals surface area (Å²) in [5, 5.41) is 13.9. The third kappa shape index (κ3) is 2.83. The Bertz CT molecular complexity index is 931. The summed E-state index contributed by atoms with van der Waals surface area (Å²) in [4.78, 5) is 14.4. The van der Waals surface area contributed by atoms with E-state index in [1.165, 1.54) is 0 Å². The number of hydrogen-bond acceptors (Lipinski definition) is 4. The van der Waals surface area contributed by atoms with E-state index in [4.69, 9.17) is 21.1 Å². The molecule has 1 aliphatic heterocycles. The van der Waals surface area contributed by atoms with Crippen LogP contribution in [0.4, 0.5) is 0 Å². The van der Waals surface area contributed by atoms with E-state index in [0.717, 1.165) is 16.8 Å². The molecule has 0 aliphatic carbocycles. The quantitative estimate of drug-likeness (QED) is 0.779. The van der Waals surface area contributed by atoms with Gasteiger partial charge in [-0.15, -0.1) is 0 Å². The van der Waals surface area contributed by atoms with Crippen molar-refractivity contribution >= 4 is 17.5 Å². The van der Waals surface area contributed by atoms with Crippen LogP contribution in [-0.2, 0) is 19.6 Å². The highest BCUT2D eigenvalue weighted by Gasteiger charge is 2.29. The van der Waals surface area contributed by atoms with Crippen LogP contribution in [0.15, 0.2) is 47.0 Å². The molecule has 2 aromatic heterocycles. The molecule has 7 heteroatoms. The van der Waals surface area contributed by atoms with Crippen LogP contribution in [0.3, 0.4) is 0 Å². The third-order valence-corrected chi connectivity index (χ3v) is 4.62. The van der Waals surface area contributed by atoms with Gasteiger partial charge in [-0.2, -0.15) is 5.10 Å². The second-order valence-corrected chi connectivity index (χ2v) is 6.28. The van der Waals surface area contributed by atoms with Gasteiger partial charge in [0.25, 0.3) is 5.91 Å². The fourth-order valence-corrected chi connectivity index (χ4v) is 3.28. The summed E-state index contributed by atoms with van der Waals surface area (Å²) in [6.07, 6.45) is 1.75. The first-order valence-corrected chi connectivity index (χ1v) is 8.33. The number of aliphatic hydroxyl groups excluding tert-OH is 1. The minimum absolute atomic E-state index is 0.0153. The third-order valence-electron chi connectivity index (χ3n) is 4.29. The average molecular weight is 358 g/mol. The number of rotatable bonds is 4. The standard InChI is InChI=1S/C18H16ClN3O3/c19-14-4-2-1-3-13(14)16-5-6-17(25-16)18(24)21-10-12-9-20-22(7-8-23)15(12)11-21/h1-6,9,23H,7-8,10-11H2. The lowest BCUT2D eigenvalue weighted by Crippen LogP contribution is -2.26. The highest BCUT2D eigenvalue weighted by Crippen LogP contribution is 2.30. The predicted octanol–water partition coefficient (Wildman–Crippen LogP) is 2.94. The van der Waals surface area contributed by atoms with Crippen LogP contribution in [0.5, 0.6) is 0 Å². The van der Waals surface area contributed by atoms with Gasteiger partial charge in [0.2, 0.25) is 0 Å². The molecule has 1 N–H and O–H groups in total. The van der Waals surface area contributed by atoms with Gasteiger partial charge < -0.3 is 14.4 Å². The minimum atomic E-state index is -0.176. The Morgan fingerprint density at radius 1 is 1.24 bits per heavy atom.